The summed E-state index contributed by atoms with van der Waals surface area (Å²) >= 11 is 0. The van der Waals surface area contributed by atoms with E-state index in [-0.39, 0.29) is 24.8 Å². The number of carbonyl (C=O) groups is 3. The lowest BCUT2D eigenvalue weighted by molar-refractivity contribution is -0.125. The quantitative estimate of drug-likeness (QED) is 0.137. The van der Waals surface area contributed by atoms with Crippen LogP contribution >= 0.6 is 0 Å². The molecule has 1 atom stereocenters. The number of piperazine rings is 1. The third-order valence-electron chi connectivity index (χ3n) is 8.53. The third-order valence-corrected chi connectivity index (χ3v) is 8.53. The van der Waals surface area contributed by atoms with Crippen molar-refractivity contribution in [2.75, 3.05) is 39.8 Å². The minimum atomic E-state index is -1.62. The van der Waals surface area contributed by atoms with Crippen LogP contribution in [0.25, 0.3) is 11.0 Å². The Morgan fingerprint density at radius 2 is 1.90 bits per heavy atom. The molecule has 4 aliphatic rings. The number of urea groups is 1. The van der Waals surface area contributed by atoms with Crippen molar-refractivity contribution in [3.05, 3.63) is 64.9 Å². The van der Waals surface area contributed by atoms with Crippen molar-refractivity contribution in [2.24, 2.45) is 5.16 Å². The number of hydrogen-bond acceptors (Lipinski definition) is 8. The molecule has 2 aromatic carbocycles. The Hall–Kier alpha value is -4.58. The normalized spacial score (nSPS) is 23.2. The zero-order chi connectivity index (χ0) is 28.3. The number of rotatable bonds is 6. The number of benzene rings is 2. The van der Waals surface area contributed by atoms with Gasteiger partial charge in [0, 0.05) is 55.3 Å². The largest absolute Gasteiger partial charge is 0.497 e. The molecule has 2 saturated heterocycles. The number of furan rings is 1. The van der Waals surface area contributed by atoms with E-state index in [1.165, 1.54) is 24.9 Å². The third kappa shape index (κ3) is 4.26. The van der Waals surface area contributed by atoms with Crippen LogP contribution in [0.5, 0.6) is 5.75 Å². The van der Waals surface area contributed by atoms with E-state index in [2.05, 4.69) is 25.6 Å². The molecular formula is C29H30N6O6. The number of amides is 4. The number of nitrogens with zero attached hydrogens (tertiary/aromatic N) is 4. The summed E-state index contributed by atoms with van der Waals surface area (Å²) in [5, 5.41) is 19.2. The van der Waals surface area contributed by atoms with Gasteiger partial charge in [0.05, 0.1) is 13.7 Å². The maximum Gasteiger partial charge on any atom is 0.322 e. The van der Waals surface area contributed by atoms with Crippen LogP contribution in [0.3, 0.4) is 0 Å². The van der Waals surface area contributed by atoms with Gasteiger partial charge in [0.25, 0.3) is 11.8 Å². The van der Waals surface area contributed by atoms with E-state index in [1.807, 2.05) is 18.2 Å². The van der Waals surface area contributed by atoms with Gasteiger partial charge in [-0.25, -0.2) is 4.79 Å². The molecule has 3 fully saturated rings. The van der Waals surface area contributed by atoms with Crippen LogP contribution in [0, 0.1) is 0 Å². The van der Waals surface area contributed by atoms with E-state index in [0.717, 1.165) is 31.7 Å². The summed E-state index contributed by atoms with van der Waals surface area (Å²) in [5.74, 6) is 0.368. The topological polar surface area (TPSA) is 140 Å². The molecule has 1 saturated carbocycles. The molecule has 12 heteroatoms. The van der Waals surface area contributed by atoms with Crippen LogP contribution in [0.1, 0.15) is 40.1 Å². The highest BCUT2D eigenvalue weighted by Crippen LogP contribution is 2.35. The standard InChI is InChI=1S/C29H30N6O6/c1-40-21-6-2-18-15-35(26(36)22(18)14-21)16-29(27(37)30-28(38)31-29)24-13-19-12-17(3-7-23(19)41-24)25(32-39)34-10-8-33(9-11-34)20-4-5-20/h2-3,6-7,12-14,20,39H,4-5,8-11,15-16H2,1H3,(H2,30,31,37,38)/t29-/m0/s1. The number of amidine groups is 1. The lowest BCUT2D eigenvalue weighted by Crippen LogP contribution is -2.52. The maximum atomic E-state index is 13.3. The van der Waals surface area contributed by atoms with Crippen LogP contribution < -0.4 is 15.4 Å². The molecule has 1 aliphatic carbocycles. The van der Waals surface area contributed by atoms with Crippen molar-refractivity contribution < 1.29 is 28.7 Å². The van der Waals surface area contributed by atoms with E-state index >= 15 is 0 Å². The van der Waals surface area contributed by atoms with Crippen molar-refractivity contribution in [1.82, 2.24) is 25.3 Å². The second-order valence-electron chi connectivity index (χ2n) is 11.0. The van der Waals surface area contributed by atoms with Gasteiger partial charge in [-0.3, -0.25) is 19.8 Å². The predicted molar refractivity (Wildman–Crippen MR) is 147 cm³/mol. The van der Waals surface area contributed by atoms with Gasteiger partial charge in [0.2, 0.25) is 0 Å². The van der Waals surface area contributed by atoms with Crippen molar-refractivity contribution in [1.29, 1.82) is 0 Å². The highest BCUT2D eigenvalue weighted by Gasteiger charge is 2.53. The van der Waals surface area contributed by atoms with Gasteiger partial charge in [-0.1, -0.05) is 11.2 Å². The molecule has 7 rings (SSSR count). The van der Waals surface area contributed by atoms with Gasteiger partial charge >= 0.3 is 6.03 Å². The van der Waals surface area contributed by atoms with E-state index < -0.39 is 17.5 Å². The van der Waals surface area contributed by atoms with Gasteiger partial charge in [-0.2, -0.15) is 0 Å². The van der Waals surface area contributed by atoms with Crippen LogP contribution in [0.15, 0.2) is 52.0 Å². The molecule has 0 unspecified atom stereocenters. The lowest BCUT2D eigenvalue weighted by atomic mass is 9.95. The Labute approximate surface area is 235 Å². The number of methoxy groups -OCH3 is 1. The van der Waals surface area contributed by atoms with E-state index in [9.17, 15) is 19.6 Å². The molecular weight excluding hydrogens is 528 g/mol. The van der Waals surface area contributed by atoms with Crippen molar-refractivity contribution in [3.8, 4) is 5.75 Å². The molecule has 4 heterocycles. The van der Waals surface area contributed by atoms with Crippen LogP contribution in [-0.2, 0) is 16.9 Å². The molecule has 3 aromatic rings. The van der Waals surface area contributed by atoms with Gasteiger partial charge in [0.15, 0.2) is 11.4 Å². The number of oxime groups is 1. The van der Waals surface area contributed by atoms with E-state index in [4.69, 9.17) is 9.15 Å². The van der Waals surface area contributed by atoms with Crippen LogP contribution in [0.2, 0.25) is 0 Å². The molecule has 0 radical (unpaired) electrons. The first kappa shape index (κ1) is 25.4. The zero-order valence-corrected chi connectivity index (χ0v) is 22.6. The fourth-order valence-corrected chi connectivity index (χ4v) is 6.17. The first-order chi connectivity index (χ1) is 19.9. The highest BCUT2D eigenvalue weighted by molar-refractivity contribution is 6.08. The Balaban J connectivity index is 1.18. The Bertz CT molecular complexity index is 1600. The van der Waals surface area contributed by atoms with Gasteiger partial charge in [-0.15, -0.1) is 0 Å². The number of hydrogen-bond donors (Lipinski definition) is 3. The van der Waals surface area contributed by atoms with Crippen molar-refractivity contribution in [3.63, 3.8) is 0 Å². The monoisotopic (exact) mass is 558 g/mol. The number of carbonyl (C=O) groups excluding carboxylic acids is 3. The fourth-order valence-electron chi connectivity index (χ4n) is 6.17. The predicted octanol–water partition coefficient (Wildman–Crippen LogP) is 2.05. The van der Waals surface area contributed by atoms with Gasteiger partial charge in [0.1, 0.15) is 17.1 Å². The summed E-state index contributed by atoms with van der Waals surface area (Å²) in [4.78, 5) is 45.0. The van der Waals surface area contributed by atoms with Crippen molar-refractivity contribution >= 4 is 34.7 Å². The summed E-state index contributed by atoms with van der Waals surface area (Å²) in [6.07, 6.45) is 2.52. The average Bonchev–Trinajstić information content (AvgIpc) is 3.58. The van der Waals surface area contributed by atoms with Crippen molar-refractivity contribution in [2.45, 2.75) is 31.0 Å². The Kier molecular flexibility index (Phi) is 5.89. The fraction of sp³-hybridized carbons (Fsp3) is 0.379. The molecule has 0 spiro atoms. The molecule has 3 N–H and O–H groups in total. The number of fused-ring (bicyclic) bond motifs is 2. The zero-order valence-electron chi connectivity index (χ0n) is 22.6. The first-order valence-corrected chi connectivity index (χ1v) is 13.7. The molecule has 12 nitrogen and oxygen atoms in total. The van der Waals surface area contributed by atoms with Crippen LogP contribution in [-0.4, -0.2) is 89.5 Å². The molecule has 3 aliphatic heterocycles. The summed E-state index contributed by atoms with van der Waals surface area (Å²) < 4.78 is 11.4. The summed E-state index contributed by atoms with van der Waals surface area (Å²) in [5.41, 5.74) is 0.880. The summed E-state index contributed by atoms with van der Waals surface area (Å²) in [6.45, 7) is 3.52. The van der Waals surface area contributed by atoms with Gasteiger partial charge < -0.3 is 29.5 Å². The Morgan fingerprint density at radius 3 is 2.59 bits per heavy atom. The van der Waals surface area contributed by atoms with E-state index in [0.29, 0.717) is 39.7 Å². The molecule has 0 bridgehead atoms. The van der Waals surface area contributed by atoms with Gasteiger partial charge in [-0.05, 0) is 54.8 Å². The minimum absolute atomic E-state index is 0.123. The number of nitrogens with one attached hydrogen (secondary N) is 2. The average molecular weight is 559 g/mol. The highest BCUT2D eigenvalue weighted by atomic mass is 16.5. The molecule has 1 aromatic heterocycles. The number of imide groups is 1. The smallest absolute Gasteiger partial charge is 0.322 e. The summed E-state index contributed by atoms with van der Waals surface area (Å²) in [7, 11) is 1.53. The first-order valence-electron chi connectivity index (χ1n) is 13.7. The second kappa shape index (κ2) is 9.51. The SMILES string of the molecule is COc1ccc2c(c1)C(=O)N(C[C@@]1(c3cc4cc(C(=NO)N5CCN(C6CC6)CC5)ccc4o3)NC(=O)NC1=O)C2. The Morgan fingerprint density at radius 1 is 1.10 bits per heavy atom. The van der Waals surface area contributed by atoms with Crippen LogP contribution in [0.4, 0.5) is 4.79 Å². The molecule has 4 amide bonds. The lowest BCUT2D eigenvalue weighted by Gasteiger charge is -2.36. The number of ether oxygens (including phenoxy) is 1. The summed E-state index contributed by atoms with van der Waals surface area (Å²) in [6, 6.07) is 12.4. The van der Waals surface area contributed by atoms with E-state index in [1.54, 1.807) is 24.3 Å². The minimum Gasteiger partial charge on any atom is -0.497 e. The molecule has 212 valence electrons. The molecule has 41 heavy (non-hydrogen) atoms. The second-order valence-corrected chi connectivity index (χ2v) is 11.0. The maximum absolute atomic E-state index is 13.3.